The minimum atomic E-state index is 0.322. The Morgan fingerprint density at radius 1 is 1.35 bits per heavy atom. The highest BCUT2D eigenvalue weighted by Gasteiger charge is 2.18. The number of hydrogen-bond donors (Lipinski definition) is 1. The van der Waals surface area contributed by atoms with Crippen LogP contribution < -0.4 is 10.6 Å². The second-order valence-electron chi connectivity index (χ2n) is 3.50. The van der Waals surface area contributed by atoms with Crippen LogP contribution >= 0.6 is 11.3 Å². The quantitative estimate of drug-likeness (QED) is 0.773. The second-order valence-corrected chi connectivity index (χ2v) is 4.31. The summed E-state index contributed by atoms with van der Waals surface area (Å²) in [6.45, 7) is 2.93. The van der Waals surface area contributed by atoms with E-state index in [0.717, 1.165) is 13.1 Å². The molecule has 3 rings (SSSR count). The fraction of sp³-hybridized carbons (Fsp3) is 0.500. The molecular formula is C8H11N7OS. The molecule has 0 aliphatic carbocycles. The zero-order valence-corrected chi connectivity index (χ0v) is 9.80. The lowest BCUT2D eigenvalue weighted by Gasteiger charge is -2.25. The SMILES string of the molecule is Nc1nc(N2CCOCC2)nn1-c1nncs1. The van der Waals surface area contributed by atoms with Gasteiger partial charge in [-0.05, 0) is 0 Å². The molecule has 17 heavy (non-hydrogen) atoms. The molecule has 0 spiro atoms. The average Bonchev–Trinajstić information content (AvgIpc) is 2.99. The van der Waals surface area contributed by atoms with E-state index in [1.165, 1.54) is 16.0 Å². The standard InChI is InChI=1S/C8H11N7OS/c9-6-11-7(14-1-3-16-4-2-14)13-15(6)8-12-10-5-17-8/h5H,1-4H2,(H2,9,11,13). The van der Waals surface area contributed by atoms with Crippen LogP contribution in [0.5, 0.6) is 0 Å². The minimum Gasteiger partial charge on any atom is -0.378 e. The summed E-state index contributed by atoms with van der Waals surface area (Å²) in [7, 11) is 0. The van der Waals surface area contributed by atoms with E-state index in [2.05, 4.69) is 20.3 Å². The average molecular weight is 253 g/mol. The third kappa shape index (κ3) is 1.94. The number of aromatic nitrogens is 5. The molecule has 0 unspecified atom stereocenters. The lowest BCUT2D eigenvalue weighted by Crippen LogP contribution is -2.37. The topological polar surface area (TPSA) is 95.0 Å². The molecule has 0 atom stereocenters. The molecule has 0 amide bonds. The largest absolute Gasteiger partial charge is 0.378 e. The second kappa shape index (κ2) is 4.26. The fourth-order valence-corrected chi connectivity index (χ4v) is 2.13. The van der Waals surface area contributed by atoms with Gasteiger partial charge >= 0.3 is 0 Å². The van der Waals surface area contributed by atoms with Crippen molar-refractivity contribution in [2.75, 3.05) is 36.9 Å². The van der Waals surface area contributed by atoms with Crippen LogP contribution in [-0.2, 0) is 4.74 Å². The van der Waals surface area contributed by atoms with Crippen molar-refractivity contribution in [2.45, 2.75) is 0 Å². The van der Waals surface area contributed by atoms with Crippen LogP contribution in [0.25, 0.3) is 5.13 Å². The molecule has 2 aromatic rings. The Morgan fingerprint density at radius 2 is 2.18 bits per heavy atom. The number of nitrogens with two attached hydrogens (primary N) is 1. The Kier molecular flexibility index (Phi) is 2.61. The van der Waals surface area contributed by atoms with Crippen LogP contribution in [0, 0.1) is 0 Å². The Balaban J connectivity index is 1.90. The summed E-state index contributed by atoms with van der Waals surface area (Å²) in [6, 6.07) is 0. The van der Waals surface area contributed by atoms with Gasteiger partial charge in [-0.25, -0.2) is 0 Å². The smallest absolute Gasteiger partial charge is 0.247 e. The Hall–Kier alpha value is -1.74. The molecule has 3 heterocycles. The van der Waals surface area contributed by atoms with E-state index in [9.17, 15) is 0 Å². The first-order valence-electron chi connectivity index (χ1n) is 5.16. The number of hydrogen-bond acceptors (Lipinski definition) is 8. The monoisotopic (exact) mass is 253 g/mol. The van der Waals surface area contributed by atoms with E-state index in [-0.39, 0.29) is 0 Å². The Bertz CT molecular complexity index is 490. The van der Waals surface area contributed by atoms with Crippen molar-refractivity contribution in [1.29, 1.82) is 0 Å². The fourth-order valence-electron chi connectivity index (χ4n) is 1.61. The van der Waals surface area contributed by atoms with Crippen molar-refractivity contribution in [3.05, 3.63) is 5.51 Å². The predicted octanol–water partition coefficient (Wildman–Crippen LogP) is -0.462. The highest BCUT2D eigenvalue weighted by molar-refractivity contribution is 7.11. The molecule has 90 valence electrons. The summed E-state index contributed by atoms with van der Waals surface area (Å²) in [5.74, 6) is 0.934. The number of rotatable bonds is 2. The van der Waals surface area contributed by atoms with E-state index in [1.54, 1.807) is 5.51 Å². The number of anilines is 2. The first kappa shape index (κ1) is 10.4. The molecule has 0 bridgehead atoms. The van der Waals surface area contributed by atoms with Crippen molar-refractivity contribution in [1.82, 2.24) is 25.0 Å². The van der Waals surface area contributed by atoms with Crippen molar-refractivity contribution < 1.29 is 4.74 Å². The van der Waals surface area contributed by atoms with E-state index < -0.39 is 0 Å². The highest BCUT2D eigenvalue weighted by Crippen LogP contribution is 2.17. The van der Waals surface area contributed by atoms with Crippen LogP contribution in [0.3, 0.4) is 0 Å². The summed E-state index contributed by atoms with van der Waals surface area (Å²) in [5.41, 5.74) is 7.44. The van der Waals surface area contributed by atoms with Gasteiger partial charge in [0.15, 0.2) is 0 Å². The van der Waals surface area contributed by atoms with E-state index in [4.69, 9.17) is 10.5 Å². The van der Waals surface area contributed by atoms with E-state index >= 15 is 0 Å². The molecule has 0 radical (unpaired) electrons. The summed E-state index contributed by atoms with van der Waals surface area (Å²) in [5, 5.41) is 12.6. The number of ether oxygens (including phenoxy) is 1. The third-order valence-electron chi connectivity index (χ3n) is 2.44. The van der Waals surface area contributed by atoms with Crippen molar-refractivity contribution in [3.8, 4) is 5.13 Å². The van der Waals surface area contributed by atoms with Crippen LogP contribution in [0.2, 0.25) is 0 Å². The molecule has 2 N–H and O–H groups in total. The molecule has 1 saturated heterocycles. The van der Waals surface area contributed by atoms with Crippen LogP contribution in [0.1, 0.15) is 0 Å². The molecule has 9 heteroatoms. The van der Waals surface area contributed by atoms with Gasteiger partial charge in [-0.2, -0.15) is 9.67 Å². The summed E-state index contributed by atoms with van der Waals surface area (Å²) < 4.78 is 6.78. The van der Waals surface area contributed by atoms with Crippen molar-refractivity contribution in [2.24, 2.45) is 0 Å². The highest BCUT2D eigenvalue weighted by atomic mass is 32.1. The Morgan fingerprint density at radius 3 is 2.88 bits per heavy atom. The molecule has 2 aromatic heterocycles. The maximum atomic E-state index is 5.81. The molecule has 8 nitrogen and oxygen atoms in total. The van der Waals surface area contributed by atoms with Gasteiger partial charge < -0.3 is 15.4 Å². The van der Waals surface area contributed by atoms with Crippen LogP contribution in [-0.4, -0.2) is 51.3 Å². The summed E-state index contributed by atoms with van der Waals surface area (Å²) in [6.07, 6.45) is 0. The van der Waals surface area contributed by atoms with Gasteiger partial charge in [0.25, 0.3) is 0 Å². The van der Waals surface area contributed by atoms with Gasteiger partial charge in [0.1, 0.15) is 5.51 Å². The molecular weight excluding hydrogens is 242 g/mol. The summed E-state index contributed by atoms with van der Waals surface area (Å²) in [4.78, 5) is 6.27. The third-order valence-corrected chi connectivity index (χ3v) is 3.11. The first-order chi connectivity index (χ1) is 8.34. The van der Waals surface area contributed by atoms with Gasteiger partial charge in [0.2, 0.25) is 17.0 Å². The molecule has 1 fully saturated rings. The molecule has 1 aliphatic heterocycles. The molecule has 1 aliphatic rings. The summed E-state index contributed by atoms with van der Waals surface area (Å²) >= 11 is 1.37. The number of nitrogen functional groups attached to an aromatic ring is 1. The van der Waals surface area contributed by atoms with E-state index in [1.807, 2.05) is 4.90 Å². The maximum Gasteiger partial charge on any atom is 0.247 e. The molecule has 0 saturated carbocycles. The van der Waals surface area contributed by atoms with Crippen molar-refractivity contribution >= 4 is 23.2 Å². The first-order valence-corrected chi connectivity index (χ1v) is 6.04. The van der Waals surface area contributed by atoms with Gasteiger partial charge in [0, 0.05) is 13.1 Å². The van der Waals surface area contributed by atoms with Crippen LogP contribution in [0.15, 0.2) is 5.51 Å². The van der Waals surface area contributed by atoms with Gasteiger partial charge in [-0.3, -0.25) is 0 Å². The lowest BCUT2D eigenvalue weighted by molar-refractivity contribution is 0.122. The molecule has 0 aromatic carbocycles. The number of nitrogens with zero attached hydrogens (tertiary/aromatic N) is 6. The predicted molar refractivity (Wildman–Crippen MR) is 62.3 cm³/mol. The zero-order valence-electron chi connectivity index (χ0n) is 8.98. The normalized spacial score (nSPS) is 16.4. The maximum absolute atomic E-state index is 5.81. The van der Waals surface area contributed by atoms with Crippen LogP contribution in [0.4, 0.5) is 11.9 Å². The minimum absolute atomic E-state index is 0.322. The van der Waals surface area contributed by atoms with Gasteiger partial charge in [-0.1, -0.05) is 11.3 Å². The zero-order chi connectivity index (χ0) is 11.7. The van der Waals surface area contributed by atoms with Gasteiger partial charge in [-0.15, -0.1) is 15.3 Å². The number of morpholine rings is 1. The van der Waals surface area contributed by atoms with Gasteiger partial charge in [0.05, 0.1) is 13.2 Å². The van der Waals surface area contributed by atoms with Crippen molar-refractivity contribution in [3.63, 3.8) is 0 Å². The lowest BCUT2D eigenvalue weighted by atomic mass is 10.4. The van der Waals surface area contributed by atoms with E-state index in [0.29, 0.717) is 30.2 Å². The Labute approximate surface area is 101 Å².